The molecule has 1 aliphatic rings. The number of aromatic carboxylic acids is 1. The fraction of sp³-hybridized carbons (Fsp3) is 0.429. The summed E-state index contributed by atoms with van der Waals surface area (Å²) < 4.78 is 18.7. The van der Waals surface area contributed by atoms with Gasteiger partial charge in [-0.2, -0.15) is 0 Å². The standard InChI is InChI=1S/C14H17FN2O4/c1-8(12-3-2-6-21-12)16-14(20)17-9-4-5-11(15)10(7-9)13(18)19/h4-5,7-8,12H,2-3,6H2,1H3,(H,18,19)(H2,16,17,20). The number of urea groups is 1. The molecule has 1 aliphatic heterocycles. The third-order valence-corrected chi connectivity index (χ3v) is 3.34. The second kappa shape index (κ2) is 6.53. The number of rotatable bonds is 4. The Balaban J connectivity index is 1.96. The molecule has 114 valence electrons. The molecule has 0 saturated carbocycles. The average molecular weight is 296 g/mol. The molecule has 3 N–H and O–H groups in total. The number of carbonyl (C=O) groups excluding carboxylic acids is 1. The maximum atomic E-state index is 13.2. The molecule has 1 aromatic carbocycles. The summed E-state index contributed by atoms with van der Waals surface area (Å²) in [7, 11) is 0. The van der Waals surface area contributed by atoms with Crippen LogP contribution in [0.4, 0.5) is 14.9 Å². The second-order valence-corrected chi connectivity index (χ2v) is 4.94. The van der Waals surface area contributed by atoms with Crippen molar-refractivity contribution in [2.24, 2.45) is 0 Å². The topological polar surface area (TPSA) is 87.7 Å². The van der Waals surface area contributed by atoms with Gasteiger partial charge in [0.2, 0.25) is 0 Å². The third kappa shape index (κ3) is 3.91. The van der Waals surface area contributed by atoms with Crippen molar-refractivity contribution in [3.8, 4) is 0 Å². The van der Waals surface area contributed by atoms with Crippen molar-refractivity contribution in [3.63, 3.8) is 0 Å². The van der Waals surface area contributed by atoms with Crippen LogP contribution in [0.1, 0.15) is 30.1 Å². The van der Waals surface area contributed by atoms with Crippen LogP contribution in [-0.4, -0.2) is 35.9 Å². The quantitative estimate of drug-likeness (QED) is 0.795. The number of hydrogen-bond donors (Lipinski definition) is 3. The fourth-order valence-corrected chi connectivity index (χ4v) is 2.23. The first-order chi connectivity index (χ1) is 9.97. The molecule has 0 bridgehead atoms. The number of hydrogen-bond acceptors (Lipinski definition) is 3. The van der Waals surface area contributed by atoms with Gasteiger partial charge in [-0.05, 0) is 38.0 Å². The summed E-state index contributed by atoms with van der Waals surface area (Å²) in [6.45, 7) is 2.53. The molecule has 21 heavy (non-hydrogen) atoms. The molecule has 1 fully saturated rings. The molecule has 1 saturated heterocycles. The van der Waals surface area contributed by atoms with E-state index < -0.39 is 23.4 Å². The Hall–Kier alpha value is -2.15. The lowest BCUT2D eigenvalue weighted by atomic mass is 10.1. The molecule has 2 rings (SSSR count). The SMILES string of the molecule is CC(NC(=O)Nc1ccc(F)c(C(=O)O)c1)C1CCCO1. The highest BCUT2D eigenvalue weighted by atomic mass is 19.1. The van der Waals surface area contributed by atoms with Gasteiger partial charge in [0.15, 0.2) is 0 Å². The van der Waals surface area contributed by atoms with Gasteiger partial charge in [0.25, 0.3) is 0 Å². The van der Waals surface area contributed by atoms with E-state index in [0.29, 0.717) is 6.61 Å². The van der Waals surface area contributed by atoms with Crippen LogP contribution in [0.15, 0.2) is 18.2 Å². The van der Waals surface area contributed by atoms with Crippen molar-refractivity contribution in [2.75, 3.05) is 11.9 Å². The van der Waals surface area contributed by atoms with Crippen molar-refractivity contribution >= 4 is 17.7 Å². The van der Waals surface area contributed by atoms with Gasteiger partial charge < -0.3 is 20.5 Å². The molecule has 0 radical (unpaired) electrons. The maximum absolute atomic E-state index is 13.2. The van der Waals surface area contributed by atoms with E-state index in [9.17, 15) is 14.0 Å². The molecule has 7 heteroatoms. The fourth-order valence-electron chi connectivity index (χ4n) is 2.23. The Morgan fingerprint density at radius 2 is 2.24 bits per heavy atom. The van der Waals surface area contributed by atoms with Gasteiger partial charge in [0.05, 0.1) is 17.7 Å². The van der Waals surface area contributed by atoms with Gasteiger partial charge in [-0.25, -0.2) is 14.0 Å². The minimum absolute atomic E-state index is 0.0152. The third-order valence-electron chi connectivity index (χ3n) is 3.34. The van der Waals surface area contributed by atoms with E-state index in [0.717, 1.165) is 25.0 Å². The Morgan fingerprint density at radius 3 is 2.86 bits per heavy atom. The van der Waals surface area contributed by atoms with Crippen LogP contribution in [0.5, 0.6) is 0 Å². The van der Waals surface area contributed by atoms with E-state index in [1.54, 1.807) is 0 Å². The van der Waals surface area contributed by atoms with Crippen LogP contribution in [0.2, 0.25) is 0 Å². The summed E-state index contributed by atoms with van der Waals surface area (Å²) in [5.41, 5.74) is -0.272. The molecule has 1 heterocycles. The molecule has 0 spiro atoms. The summed E-state index contributed by atoms with van der Waals surface area (Å²) in [6, 6.07) is 2.74. The van der Waals surface area contributed by atoms with E-state index in [2.05, 4.69) is 10.6 Å². The lowest BCUT2D eigenvalue weighted by Crippen LogP contribution is -2.43. The van der Waals surface area contributed by atoms with E-state index in [1.165, 1.54) is 6.07 Å². The predicted molar refractivity (Wildman–Crippen MR) is 73.9 cm³/mol. The van der Waals surface area contributed by atoms with Crippen molar-refractivity contribution in [1.82, 2.24) is 5.32 Å². The van der Waals surface area contributed by atoms with E-state index >= 15 is 0 Å². The first-order valence-electron chi connectivity index (χ1n) is 6.69. The first-order valence-corrected chi connectivity index (χ1v) is 6.69. The van der Waals surface area contributed by atoms with Gasteiger partial charge in [-0.15, -0.1) is 0 Å². The van der Waals surface area contributed by atoms with E-state index in [1.807, 2.05) is 6.92 Å². The second-order valence-electron chi connectivity index (χ2n) is 4.94. The molecule has 1 aromatic rings. The molecule has 2 atom stereocenters. The Kier molecular flexibility index (Phi) is 4.74. The largest absolute Gasteiger partial charge is 0.478 e. The zero-order valence-corrected chi connectivity index (χ0v) is 11.6. The van der Waals surface area contributed by atoms with Crippen LogP contribution in [0.25, 0.3) is 0 Å². The highest BCUT2D eigenvalue weighted by Gasteiger charge is 2.23. The normalized spacial score (nSPS) is 19.0. The summed E-state index contributed by atoms with van der Waals surface area (Å²) in [5, 5.41) is 14.0. The smallest absolute Gasteiger partial charge is 0.338 e. The van der Waals surface area contributed by atoms with Gasteiger partial charge >= 0.3 is 12.0 Å². The molecule has 2 amide bonds. The van der Waals surface area contributed by atoms with E-state index in [4.69, 9.17) is 9.84 Å². The van der Waals surface area contributed by atoms with Gasteiger partial charge in [-0.1, -0.05) is 0 Å². The zero-order chi connectivity index (χ0) is 15.4. The van der Waals surface area contributed by atoms with Crippen molar-refractivity contribution in [1.29, 1.82) is 0 Å². The number of anilines is 1. The summed E-state index contributed by atoms with van der Waals surface area (Å²) in [5.74, 6) is -2.23. The van der Waals surface area contributed by atoms with Crippen LogP contribution < -0.4 is 10.6 Å². The summed E-state index contributed by atoms with van der Waals surface area (Å²) in [6.07, 6.45) is 1.85. The summed E-state index contributed by atoms with van der Waals surface area (Å²) >= 11 is 0. The maximum Gasteiger partial charge on any atom is 0.338 e. The number of carboxylic acid groups (broad SMARTS) is 1. The van der Waals surface area contributed by atoms with Crippen molar-refractivity contribution in [2.45, 2.75) is 31.9 Å². The van der Waals surface area contributed by atoms with Gasteiger partial charge in [-0.3, -0.25) is 0 Å². The Morgan fingerprint density at radius 1 is 1.48 bits per heavy atom. The zero-order valence-electron chi connectivity index (χ0n) is 11.6. The van der Waals surface area contributed by atoms with Crippen LogP contribution >= 0.6 is 0 Å². The number of benzene rings is 1. The van der Waals surface area contributed by atoms with Crippen LogP contribution in [0.3, 0.4) is 0 Å². The summed E-state index contributed by atoms with van der Waals surface area (Å²) in [4.78, 5) is 22.7. The number of ether oxygens (including phenoxy) is 1. The molecule has 2 unspecified atom stereocenters. The van der Waals surface area contributed by atoms with E-state index in [-0.39, 0.29) is 17.8 Å². The van der Waals surface area contributed by atoms with Crippen molar-refractivity contribution in [3.05, 3.63) is 29.6 Å². The Bertz CT molecular complexity index is 544. The van der Waals surface area contributed by atoms with Gasteiger partial charge in [0, 0.05) is 12.3 Å². The van der Waals surface area contributed by atoms with Crippen molar-refractivity contribution < 1.29 is 23.8 Å². The minimum atomic E-state index is -1.38. The average Bonchev–Trinajstić information content (AvgIpc) is 2.94. The number of halogens is 1. The molecule has 0 aliphatic carbocycles. The minimum Gasteiger partial charge on any atom is -0.478 e. The molecular formula is C14H17FN2O4. The Labute approximate surface area is 121 Å². The van der Waals surface area contributed by atoms with Gasteiger partial charge in [0.1, 0.15) is 5.82 Å². The lowest BCUT2D eigenvalue weighted by Gasteiger charge is -2.20. The van der Waals surface area contributed by atoms with Crippen LogP contribution in [-0.2, 0) is 4.74 Å². The lowest BCUT2D eigenvalue weighted by molar-refractivity contribution is 0.0692. The van der Waals surface area contributed by atoms with Crippen LogP contribution in [0, 0.1) is 5.82 Å². The number of amides is 2. The highest BCUT2D eigenvalue weighted by Crippen LogP contribution is 2.17. The first kappa shape index (κ1) is 15.2. The monoisotopic (exact) mass is 296 g/mol. The number of carboxylic acids is 1. The highest BCUT2D eigenvalue weighted by molar-refractivity contribution is 5.93. The molecule has 0 aromatic heterocycles. The molecular weight excluding hydrogens is 279 g/mol. The number of carbonyl (C=O) groups is 2. The number of nitrogens with one attached hydrogen (secondary N) is 2. The predicted octanol–water partition coefficient (Wildman–Crippen LogP) is 2.21. The molecule has 6 nitrogen and oxygen atoms in total.